The molecule has 7 heteroatoms. The average molecular weight is 363 g/mol. The number of nitriles is 1. The first kappa shape index (κ1) is 14.6. The molecule has 0 unspecified atom stereocenters. The maximum Gasteiger partial charge on any atom is 0.413 e. The lowest BCUT2D eigenvalue weighted by Gasteiger charge is -2.19. The second-order valence-corrected chi connectivity index (χ2v) is 5.47. The van der Waals surface area contributed by atoms with Gasteiger partial charge in [-0.3, -0.25) is 5.32 Å². The van der Waals surface area contributed by atoms with Gasteiger partial charge >= 0.3 is 6.09 Å². The van der Waals surface area contributed by atoms with Gasteiger partial charge in [0, 0.05) is 6.20 Å². The Morgan fingerprint density at radius 1 is 1.61 bits per heavy atom. The molecule has 5 nitrogen and oxygen atoms in total. The van der Waals surface area contributed by atoms with E-state index in [0.717, 1.165) is 0 Å². The van der Waals surface area contributed by atoms with Gasteiger partial charge in [0.2, 0.25) is 0 Å². The maximum atomic E-state index is 13.8. The number of hydrogen-bond donors (Lipinski definition) is 1. The van der Waals surface area contributed by atoms with E-state index in [1.807, 2.05) is 0 Å². The number of nitrogens with zero attached hydrogens (tertiary/aromatic N) is 2. The second-order valence-electron chi connectivity index (χ2n) is 4.39. The average Bonchev–Trinajstić information content (AvgIpc) is 2.22. The molecule has 0 radical (unpaired) electrons. The molecule has 0 aliphatic heterocycles. The Morgan fingerprint density at radius 2 is 2.22 bits per heavy atom. The number of amides is 1. The molecule has 0 aliphatic carbocycles. The second kappa shape index (κ2) is 5.48. The van der Waals surface area contributed by atoms with Crippen LogP contribution < -0.4 is 5.32 Å². The van der Waals surface area contributed by atoms with Gasteiger partial charge in [-0.2, -0.15) is 5.26 Å². The summed E-state index contributed by atoms with van der Waals surface area (Å²) in [6.07, 6.45) is 0.395. The van der Waals surface area contributed by atoms with E-state index in [4.69, 9.17) is 10.00 Å². The van der Waals surface area contributed by atoms with Crippen molar-refractivity contribution >= 4 is 34.5 Å². The van der Waals surface area contributed by atoms with Gasteiger partial charge in [-0.25, -0.2) is 14.2 Å². The smallest absolute Gasteiger partial charge is 0.413 e. The summed E-state index contributed by atoms with van der Waals surface area (Å²) in [5.74, 6) is -1.01. The molecule has 18 heavy (non-hydrogen) atoms. The highest BCUT2D eigenvalue weighted by Gasteiger charge is 2.19. The first-order valence-corrected chi connectivity index (χ1v) is 6.06. The van der Waals surface area contributed by atoms with Crippen LogP contribution in [-0.4, -0.2) is 16.7 Å². The Kier molecular flexibility index (Phi) is 4.45. The molecule has 1 heterocycles. The van der Waals surface area contributed by atoms with E-state index in [9.17, 15) is 9.18 Å². The lowest BCUT2D eigenvalue weighted by molar-refractivity contribution is 0.0634. The fourth-order valence-electron chi connectivity index (χ4n) is 1.03. The minimum atomic E-state index is -0.797. The monoisotopic (exact) mass is 363 g/mol. The van der Waals surface area contributed by atoms with Crippen molar-refractivity contribution in [3.63, 3.8) is 0 Å². The molecule has 1 N–H and O–H groups in total. The third kappa shape index (κ3) is 3.80. The van der Waals surface area contributed by atoms with E-state index in [0.29, 0.717) is 0 Å². The summed E-state index contributed by atoms with van der Waals surface area (Å²) in [4.78, 5) is 15.1. The lowest BCUT2D eigenvalue weighted by Crippen LogP contribution is -2.28. The quantitative estimate of drug-likeness (QED) is 0.779. The maximum absolute atomic E-state index is 13.8. The molecule has 1 rings (SSSR count). The molecule has 0 aliphatic rings. The van der Waals surface area contributed by atoms with Gasteiger partial charge in [-0.15, -0.1) is 0 Å². The predicted molar refractivity (Wildman–Crippen MR) is 71.5 cm³/mol. The van der Waals surface area contributed by atoms with Crippen molar-refractivity contribution in [3.8, 4) is 6.07 Å². The van der Waals surface area contributed by atoms with Crippen LogP contribution in [0.5, 0.6) is 0 Å². The van der Waals surface area contributed by atoms with E-state index < -0.39 is 17.5 Å². The number of nitrogens with one attached hydrogen (secondary N) is 1. The molecule has 0 saturated heterocycles. The van der Waals surface area contributed by atoms with Crippen LogP contribution in [0.2, 0.25) is 0 Å². The van der Waals surface area contributed by atoms with E-state index in [-0.39, 0.29) is 15.0 Å². The number of halogens is 2. The van der Waals surface area contributed by atoms with Gasteiger partial charge in [-0.1, -0.05) is 0 Å². The molecule has 96 valence electrons. The van der Waals surface area contributed by atoms with Crippen molar-refractivity contribution in [2.24, 2.45) is 0 Å². The van der Waals surface area contributed by atoms with Crippen LogP contribution >= 0.6 is 22.6 Å². The number of aromatic nitrogens is 1. The van der Waals surface area contributed by atoms with Crippen molar-refractivity contribution < 1.29 is 13.9 Å². The molecule has 1 aromatic heterocycles. The Bertz CT molecular complexity index is 520. The molecule has 0 saturated carbocycles. The summed E-state index contributed by atoms with van der Waals surface area (Å²) in [5, 5.41) is 10.9. The summed E-state index contributed by atoms with van der Waals surface area (Å²) < 4.78 is 18.8. The first-order chi connectivity index (χ1) is 8.24. The third-order valence-corrected chi connectivity index (χ3v) is 2.75. The van der Waals surface area contributed by atoms with Crippen molar-refractivity contribution in [1.29, 1.82) is 5.26 Å². The van der Waals surface area contributed by atoms with E-state index in [1.54, 1.807) is 49.4 Å². The summed E-state index contributed by atoms with van der Waals surface area (Å²) in [6.45, 7) is 5.08. The van der Waals surface area contributed by atoms with Crippen LogP contribution in [-0.2, 0) is 4.74 Å². The van der Waals surface area contributed by atoms with Crippen LogP contribution in [0.1, 0.15) is 26.3 Å². The summed E-state index contributed by atoms with van der Waals surface area (Å²) in [7, 11) is 0. The van der Waals surface area contributed by atoms with Gasteiger partial charge in [0.25, 0.3) is 0 Å². The SMILES string of the molecule is CC(C)(C)OC(=O)Nc1ncc(C#N)c(I)c1F. The minimum Gasteiger partial charge on any atom is -0.444 e. The minimum absolute atomic E-state index is 0.108. The van der Waals surface area contributed by atoms with Gasteiger partial charge < -0.3 is 4.74 Å². The van der Waals surface area contributed by atoms with Crippen molar-refractivity contribution in [3.05, 3.63) is 21.1 Å². The van der Waals surface area contributed by atoms with Crippen LogP contribution in [0, 0.1) is 20.7 Å². The summed E-state index contributed by atoms with van der Waals surface area (Å²) in [5.41, 5.74) is -0.567. The first-order valence-electron chi connectivity index (χ1n) is 4.98. The number of ether oxygens (including phenoxy) is 1. The molecule has 1 amide bonds. The standard InChI is InChI=1S/C11H11FIN3O2/c1-11(2,3)18-10(17)16-9-7(12)8(13)6(4-14)5-15-9/h5H,1-3H3,(H,15,16,17). The number of anilines is 1. The molecular formula is C11H11FIN3O2. The van der Waals surface area contributed by atoms with E-state index in [1.165, 1.54) is 6.20 Å². The zero-order chi connectivity index (χ0) is 13.9. The molecular weight excluding hydrogens is 352 g/mol. The number of rotatable bonds is 1. The fraction of sp³-hybridized carbons (Fsp3) is 0.364. The molecule has 0 spiro atoms. The largest absolute Gasteiger partial charge is 0.444 e. The van der Waals surface area contributed by atoms with Gasteiger partial charge in [0.05, 0.1) is 9.13 Å². The lowest BCUT2D eigenvalue weighted by atomic mass is 10.2. The molecule has 0 bridgehead atoms. The molecule has 0 aromatic carbocycles. The van der Waals surface area contributed by atoms with Crippen LogP contribution in [0.4, 0.5) is 15.0 Å². The van der Waals surface area contributed by atoms with Crippen molar-refractivity contribution in [2.45, 2.75) is 26.4 Å². The topological polar surface area (TPSA) is 75.0 Å². The number of carbonyl (C=O) groups is 1. The van der Waals surface area contributed by atoms with Gasteiger partial charge in [0.15, 0.2) is 11.6 Å². The van der Waals surface area contributed by atoms with Crippen LogP contribution in [0.3, 0.4) is 0 Å². The zero-order valence-electron chi connectivity index (χ0n) is 10.0. The molecule has 1 aromatic rings. The Morgan fingerprint density at radius 3 is 2.72 bits per heavy atom. The molecule has 0 atom stereocenters. The highest BCUT2D eigenvalue weighted by atomic mass is 127. The van der Waals surface area contributed by atoms with Crippen molar-refractivity contribution in [1.82, 2.24) is 4.98 Å². The highest BCUT2D eigenvalue weighted by Crippen LogP contribution is 2.21. The summed E-state index contributed by atoms with van der Waals surface area (Å²) >= 11 is 1.68. The van der Waals surface area contributed by atoms with Gasteiger partial charge in [-0.05, 0) is 43.4 Å². The van der Waals surface area contributed by atoms with Crippen LogP contribution in [0.25, 0.3) is 0 Å². The third-order valence-electron chi connectivity index (χ3n) is 1.70. The normalized spacial score (nSPS) is 10.7. The Labute approximate surface area is 117 Å². The highest BCUT2D eigenvalue weighted by molar-refractivity contribution is 14.1. The zero-order valence-corrected chi connectivity index (χ0v) is 12.2. The fourth-order valence-corrected chi connectivity index (χ4v) is 1.55. The Balaban J connectivity index is 2.91. The van der Waals surface area contributed by atoms with E-state index in [2.05, 4.69) is 10.3 Å². The predicted octanol–water partition coefficient (Wildman–Crippen LogP) is 3.04. The van der Waals surface area contributed by atoms with Crippen molar-refractivity contribution in [2.75, 3.05) is 5.32 Å². The van der Waals surface area contributed by atoms with E-state index >= 15 is 0 Å². The molecule has 0 fully saturated rings. The number of carbonyl (C=O) groups excluding carboxylic acids is 1. The van der Waals surface area contributed by atoms with Crippen LogP contribution in [0.15, 0.2) is 6.20 Å². The number of pyridine rings is 1. The number of hydrogen-bond acceptors (Lipinski definition) is 4. The van der Waals surface area contributed by atoms with Gasteiger partial charge in [0.1, 0.15) is 11.7 Å². The summed E-state index contributed by atoms with van der Waals surface area (Å²) in [6, 6.07) is 1.80. The Hall–Kier alpha value is -1.43.